The Hall–Kier alpha value is -2.87. The Morgan fingerprint density at radius 1 is 1.18 bits per heavy atom. The first-order valence-electron chi connectivity index (χ1n) is 12.7. The predicted octanol–water partition coefficient (Wildman–Crippen LogP) is 2.65. The number of likely N-dealkylation sites (tertiary alicyclic amines) is 2. The highest BCUT2D eigenvalue weighted by molar-refractivity contribution is 5.98. The minimum Gasteiger partial charge on any atom is -0.464 e. The molecule has 0 bridgehead atoms. The van der Waals surface area contributed by atoms with Gasteiger partial charge in [-0.15, -0.1) is 0 Å². The minimum absolute atomic E-state index is 0.0826. The van der Waals surface area contributed by atoms with Crippen molar-refractivity contribution in [3.05, 3.63) is 35.5 Å². The van der Waals surface area contributed by atoms with Crippen LogP contribution in [0, 0.1) is 5.41 Å². The molecule has 3 fully saturated rings. The zero-order valence-corrected chi connectivity index (χ0v) is 20.0. The van der Waals surface area contributed by atoms with Gasteiger partial charge in [0.15, 0.2) is 0 Å². The summed E-state index contributed by atoms with van der Waals surface area (Å²) in [5.74, 6) is 0.110. The predicted molar refractivity (Wildman–Crippen MR) is 131 cm³/mol. The second kappa shape index (κ2) is 9.41. The average Bonchev–Trinajstić information content (AvgIpc) is 3.61. The van der Waals surface area contributed by atoms with Crippen molar-refractivity contribution < 1.29 is 14.3 Å². The highest BCUT2D eigenvalue weighted by atomic mass is 16.5. The van der Waals surface area contributed by atoms with Crippen LogP contribution in [0.15, 0.2) is 24.3 Å². The second-order valence-corrected chi connectivity index (χ2v) is 9.80. The Morgan fingerprint density at radius 3 is 2.74 bits per heavy atom. The molecule has 182 valence electrons. The molecule has 3 atom stereocenters. The fourth-order valence-corrected chi connectivity index (χ4v) is 6.21. The molecule has 0 aliphatic carbocycles. The lowest BCUT2D eigenvalue weighted by molar-refractivity contribution is -0.145. The highest BCUT2D eigenvalue weighted by Crippen LogP contribution is 2.31. The van der Waals surface area contributed by atoms with E-state index in [1.807, 2.05) is 18.2 Å². The molecule has 1 aromatic heterocycles. The number of aromatic nitrogens is 1. The maximum atomic E-state index is 13.6. The molecule has 1 amide bonds. The van der Waals surface area contributed by atoms with Crippen LogP contribution in [0.5, 0.6) is 0 Å². The largest absolute Gasteiger partial charge is 0.464 e. The maximum absolute atomic E-state index is 13.6. The van der Waals surface area contributed by atoms with E-state index in [9.17, 15) is 9.59 Å². The van der Waals surface area contributed by atoms with E-state index in [4.69, 9.17) is 15.9 Å². The van der Waals surface area contributed by atoms with Gasteiger partial charge in [-0.05, 0) is 69.5 Å². The summed E-state index contributed by atoms with van der Waals surface area (Å²) in [6.07, 6.45) is 6.37. The lowest BCUT2D eigenvalue weighted by Gasteiger charge is -2.33. The maximum Gasteiger partial charge on any atom is 0.323 e. The van der Waals surface area contributed by atoms with Crippen LogP contribution >= 0.6 is 0 Å². The number of carbonyl (C=O) groups is 2. The van der Waals surface area contributed by atoms with Crippen LogP contribution in [-0.2, 0) is 27.3 Å². The summed E-state index contributed by atoms with van der Waals surface area (Å²) >= 11 is 0. The third kappa shape index (κ3) is 4.08. The number of nitrogens with two attached hydrogens (primary N) is 1. The number of carbonyl (C=O) groups excluding carboxylic acids is 2. The fourth-order valence-electron chi connectivity index (χ4n) is 6.21. The molecule has 3 N–H and O–H groups in total. The number of hydrogen-bond donors (Lipinski definition) is 2. The number of cyclic esters (lactones) is 1. The molecule has 1 aromatic carbocycles. The van der Waals surface area contributed by atoms with Crippen molar-refractivity contribution in [2.24, 2.45) is 5.73 Å². The first kappa shape index (κ1) is 22.9. The van der Waals surface area contributed by atoms with Crippen molar-refractivity contribution in [2.45, 2.75) is 76.5 Å². The third-order valence-corrected chi connectivity index (χ3v) is 7.90. The number of nitrogens with one attached hydrogen (secondary N) is 1. The van der Waals surface area contributed by atoms with E-state index in [1.165, 1.54) is 5.69 Å². The van der Waals surface area contributed by atoms with Gasteiger partial charge < -0.3 is 19.9 Å². The van der Waals surface area contributed by atoms with Crippen molar-refractivity contribution in [3.8, 4) is 0 Å². The summed E-state index contributed by atoms with van der Waals surface area (Å²) in [7, 11) is 0. The Kier molecular flexibility index (Phi) is 6.34. The van der Waals surface area contributed by atoms with Crippen LogP contribution in [0.4, 0.5) is 0 Å². The zero-order chi connectivity index (χ0) is 23.8. The summed E-state index contributed by atoms with van der Waals surface area (Å²) in [6.45, 7) is 5.06. The van der Waals surface area contributed by atoms with Gasteiger partial charge in [-0.2, -0.15) is 0 Å². The van der Waals surface area contributed by atoms with E-state index in [0.29, 0.717) is 13.0 Å². The number of rotatable bonds is 7. The van der Waals surface area contributed by atoms with Gasteiger partial charge in [-0.1, -0.05) is 12.1 Å². The zero-order valence-electron chi connectivity index (χ0n) is 20.0. The van der Waals surface area contributed by atoms with Gasteiger partial charge in [-0.3, -0.25) is 19.9 Å². The van der Waals surface area contributed by atoms with Crippen molar-refractivity contribution in [3.63, 3.8) is 0 Å². The van der Waals surface area contributed by atoms with Crippen LogP contribution in [0.2, 0.25) is 0 Å². The molecule has 2 aromatic rings. The SMILES string of the molecule is CCn1c(CC[C@@H]2CCCN2C(=O)[C@H]2CCCN2C2CCOC2=O)cc2ccc(C(=N)N)cc21. The molecular formula is C26H35N5O3. The fraction of sp³-hybridized carbons (Fsp3) is 0.577. The Morgan fingerprint density at radius 2 is 2.00 bits per heavy atom. The molecule has 5 rings (SSSR count). The minimum atomic E-state index is -0.252. The number of nitrogen functional groups attached to an aromatic ring is 1. The Bertz CT molecular complexity index is 1110. The van der Waals surface area contributed by atoms with Crippen molar-refractivity contribution >= 4 is 28.6 Å². The van der Waals surface area contributed by atoms with E-state index >= 15 is 0 Å². The quantitative estimate of drug-likeness (QED) is 0.372. The molecule has 3 aliphatic heterocycles. The molecule has 8 nitrogen and oxygen atoms in total. The van der Waals surface area contributed by atoms with Gasteiger partial charge >= 0.3 is 5.97 Å². The average molecular weight is 466 g/mol. The van der Waals surface area contributed by atoms with Gasteiger partial charge in [0, 0.05) is 42.3 Å². The molecule has 3 saturated heterocycles. The Balaban J connectivity index is 1.29. The van der Waals surface area contributed by atoms with Gasteiger partial charge in [0.1, 0.15) is 11.9 Å². The number of amidine groups is 1. The van der Waals surface area contributed by atoms with E-state index < -0.39 is 0 Å². The van der Waals surface area contributed by atoms with Crippen molar-refractivity contribution in [1.29, 1.82) is 5.41 Å². The van der Waals surface area contributed by atoms with Gasteiger partial charge in [-0.25, -0.2) is 0 Å². The standard InChI is InChI=1S/C26H35N5O3/c1-2-29-20(15-17-7-8-18(24(27)28)16-23(17)29)10-9-19-5-3-12-30(19)25(32)21-6-4-13-31(21)22-11-14-34-26(22)33/h7-8,15-16,19,21-22H,2-6,9-14H2,1H3,(H3,27,28)/t19-,21+,22?/m0/s1. The van der Waals surface area contributed by atoms with Crippen LogP contribution < -0.4 is 5.73 Å². The number of hydrogen-bond acceptors (Lipinski definition) is 5. The molecule has 8 heteroatoms. The molecular weight excluding hydrogens is 430 g/mol. The van der Waals surface area contributed by atoms with Crippen LogP contribution in [0.3, 0.4) is 0 Å². The summed E-state index contributed by atoms with van der Waals surface area (Å²) < 4.78 is 7.48. The number of amides is 1. The van der Waals surface area contributed by atoms with Gasteiger partial charge in [0.05, 0.1) is 12.6 Å². The smallest absolute Gasteiger partial charge is 0.323 e. The summed E-state index contributed by atoms with van der Waals surface area (Å²) in [6, 6.07) is 7.96. The monoisotopic (exact) mass is 465 g/mol. The lowest BCUT2D eigenvalue weighted by Crippen LogP contribution is -2.51. The summed E-state index contributed by atoms with van der Waals surface area (Å²) in [5, 5.41) is 8.91. The molecule has 0 radical (unpaired) electrons. The van der Waals surface area contributed by atoms with Crippen LogP contribution in [-0.4, -0.2) is 69.9 Å². The summed E-state index contributed by atoms with van der Waals surface area (Å²) in [5.41, 5.74) is 8.81. The van der Waals surface area contributed by atoms with E-state index in [2.05, 4.69) is 27.4 Å². The lowest BCUT2D eigenvalue weighted by atomic mass is 10.1. The number of esters is 1. The van der Waals surface area contributed by atoms with Gasteiger partial charge in [0.2, 0.25) is 5.91 Å². The van der Waals surface area contributed by atoms with Crippen LogP contribution in [0.1, 0.15) is 56.7 Å². The Labute approximate surface area is 200 Å². The van der Waals surface area contributed by atoms with E-state index in [-0.39, 0.29) is 35.8 Å². The second-order valence-electron chi connectivity index (χ2n) is 9.80. The number of fused-ring (bicyclic) bond motifs is 1. The van der Waals surface area contributed by atoms with E-state index in [1.54, 1.807) is 0 Å². The topological polar surface area (TPSA) is 105 Å². The molecule has 34 heavy (non-hydrogen) atoms. The normalized spacial score (nSPS) is 25.4. The molecule has 3 aliphatic rings. The highest BCUT2D eigenvalue weighted by Gasteiger charge is 2.44. The van der Waals surface area contributed by atoms with Gasteiger partial charge in [0.25, 0.3) is 0 Å². The first-order valence-corrected chi connectivity index (χ1v) is 12.7. The molecule has 0 spiro atoms. The number of aryl methyl sites for hydroxylation is 2. The van der Waals surface area contributed by atoms with E-state index in [0.717, 1.165) is 74.6 Å². The van der Waals surface area contributed by atoms with Crippen molar-refractivity contribution in [1.82, 2.24) is 14.4 Å². The summed E-state index contributed by atoms with van der Waals surface area (Å²) in [4.78, 5) is 30.0. The third-order valence-electron chi connectivity index (χ3n) is 7.90. The number of nitrogens with zero attached hydrogens (tertiary/aromatic N) is 3. The molecule has 4 heterocycles. The molecule has 1 unspecified atom stereocenters. The van der Waals surface area contributed by atoms with Crippen molar-refractivity contribution in [2.75, 3.05) is 19.7 Å². The number of benzene rings is 1. The first-order chi connectivity index (χ1) is 16.5. The van der Waals surface area contributed by atoms with Crippen LogP contribution in [0.25, 0.3) is 10.9 Å². The number of ether oxygens (including phenoxy) is 1. The molecule has 0 saturated carbocycles.